The SMILES string of the molecule is Cc1n[nH]c(=S)n1C(C)C1CCC1. The van der Waals surface area contributed by atoms with Crippen LogP contribution in [0, 0.1) is 17.6 Å². The molecule has 1 unspecified atom stereocenters. The predicted octanol–water partition coefficient (Wildman–Crippen LogP) is 2.61. The summed E-state index contributed by atoms with van der Waals surface area (Å²) >= 11 is 5.19. The molecular formula is C9H15N3S. The summed E-state index contributed by atoms with van der Waals surface area (Å²) in [4.78, 5) is 0. The van der Waals surface area contributed by atoms with Gasteiger partial charge in [-0.3, -0.25) is 5.10 Å². The molecule has 72 valence electrons. The second kappa shape index (κ2) is 3.25. The third-order valence-corrected chi connectivity index (χ3v) is 3.41. The maximum atomic E-state index is 5.19. The molecule has 1 saturated carbocycles. The molecule has 0 amide bonds. The normalized spacial score (nSPS) is 19.8. The van der Waals surface area contributed by atoms with Gasteiger partial charge >= 0.3 is 0 Å². The van der Waals surface area contributed by atoms with Gasteiger partial charge < -0.3 is 4.57 Å². The van der Waals surface area contributed by atoms with Crippen LogP contribution in [-0.4, -0.2) is 14.8 Å². The van der Waals surface area contributed by atoms with Gasteiger partial charge in [-0.1, -0.05) is 6.42 Å². The fraction of sp³-hybridized carbons (Fsp3) is 0.778. The highest BCUT2D eigenvalue weighted by Crippen LogP contribution is 2.36. The van der Waals surface area contributed by atoms with Crippen molar-refractivity contribution in [3.05, 3.63) is 10.6 Å². The molecule has 1 atom stereocenters. The lowest BCUT2D eigenvalue weighted by Crippen LogP contribution is -2.23. The number of hydrogen-bond acceptors (Lipinski definition) is 2. The Morgan fingerprint density at radius 1 is 1.62 bits per heavy atom. The lowest BCUT2D eigenvalue weighted by atomic mass is 9.80. The summed E-state index contributed by atoms with van der Waals surface area (Å²) in [7, 11) is 0. The second-order valence-electron chi connectivity index (χ2n) is 3.88. The first-order valence-corrected chi connectivity index (χ1v) is 5.24. The zero-order valence-corrected chi connectivity index (χ0v) is 8.90. The maximum absolute atomic E-state index is 5.19. The van der Waals surface area contributed by atoms with Crippen molar-refractivity contribution in [2.24, 2.45) is 5.92 Å². The molecule has 3 nitrogen and oxygen atoms in total. The van der Waals surface area contributed by atoms with Gasteiger partial charge in [0.1, 0.15) is 5.82 Å². The molecule has 0 radical (unpaired) electrons. The van der Waals surface area contributed by atoms with E-state index in [4.69, 9.17) is 12.2 Å². The molecule has 1 aromatic heterocycles. The van der Waals surface area contributed by atoms with Crippen molar-refractivity contribution in [3.63, 3.8) is 0 Å². The van der Waals surface area contributed by atoms with E-state index in [0.29, 0.717) is 6.04 Å². The molecule has 2 rings (SSSR count). The maximum Gasteiger partial charge on any atom is 0.195 e. The third-order valence-electron chi connectivity index (χ3n) is 3.12. The first-order chi connectivity index (χ1) is 6.20. The minimum Gasteiger partial charge on any atom is -0.301 e. The molecule has 0 bridgehead atoms. The van der Waals surface area contributed by atoms with Gasteiger partial charge in [0, 0.05) is 6.04 Å². The number of H-pyrrole nitrogens is 1. The fourth-order valence-corrected chi connectivity index (χ4v) is 2.34. The Kier molecular flexibility index (Phi) is 2.24. The van der Waals surface area contributed by atoms with Crippen molar-refractivity contribution >= 4 is 12.2 Å². The number of hydrogen-bond donors (Lipinski definition) is 1. The van der Waals surface area contributed by atoms with Gasteiger partial charge in [-0.2, -0.15) is 5.10 Å². The number of nitrogens with zero attached hydrogens (tertiary/aromatic N) is 2. The third kappa shape index (κ3) is 1.43. The Hall–Kier alpha value is -0.640. The second-order valence-corrected chi connectivity index (χ2v) is 4.26. The molecule has 1 aliphatic carbocycles. The van der Waals surface area contributed by atoms with Gasteiger partial charge in [-0.25, -0.2) is 0 Å². The highest BCUT2D eigenvalue weighted by molar-refractivity contribution is 7.71. The average molecular weight is 197 g/mol. The van der Waals surface area contributed by atoms with Gasteiger partial charge in [-0.05, 0) is 44.8 Å². The Morgan fingerprint density at radius 3 is 2.69 bits per heavy atom. The lowest BCUT2D eigenvalue weighted by Gasteiger charge is -2.32. The largest absolute Gasteiger partial charge is 0.301 e. The average Bonchev–Trinajstić information content (AvgIpc) is 2.27. The van der Waals surface area contributed by atoms with Gasteiger partial charge in [0.25, 0.3) is 0 Å². The topological polar surface area (TPSA) is 33.6 Å². The Bertz CT molecular complexity index is 348. The lowest BCUT2D eigenvalue weighted by molar-refractivity contribution is 0.219. The molecule has 0 aromatic carbocycles. The minimum absolute atomic E-state index is 0.514. The van der Waals surface area contributed by atoms with Gasteiger partial charge in [0.15, 0.2) is 4.77 Å². The summed E-state index contributed by atoms with van der Waals surface area (Å²) in [6.45, 7) is 4.24. The Balaban J connectivity index is 2.27. The van der Waals surface area contributed by atoms with Gasteiger partial charge in [-0.15, -0.1) is 0 Å². The van der Waals surface area contributed by atoms with Crippen LogP contribution in [0.25, 0.3) is 0 Å². The van der Waals surface area contributed by atoms with Crippen molar-refractivity contribution < 1.29 is 0 Å². The highest BCUT2D eigenvalue weighted by Gasteiger charge is 2.26. The fourth-order valence-electron chi connectivity index (χ4n) is 2.00. The molecule has 1 N–H and O–H groups in total. The van der Waals surface area contributed by atoms with Crippen LogP contribution in [0.4, 0.5) is 0 Å². The number of aromatic nitrogens is 3. The van der Waals surface area contributed by atoms with Crippen LogP contribution in [-0.2, 0) is 0 Å². The summed E-state index contributed by atoms with van der Waals surface area (Å²) in [5.41, 5.74) is 0. The van der Waals surface area contributed by atoms with E-state index in [1.54, 1.807) is 0 Å². The first kappa shape index (κ1) is 8.94. The molecule has 4 heteroatoms. The summed E-state index contributed by atoms with van der Waals surface area (Å²) in [5.74, 6) is 1.81. The molecule has 0 saturated heterocycles. The van der Waals surface area contributed by atoms with Crippen LogP contribution in [0.2, 0.25) is 0 Å². The van der Waals surface area contributed by atoms with E-state index < -0.39 is 0 Å². The van der Waals surface area contributed by atoms with E-state index in [9.17, 15) is 0 Å². The number of nitrogens with one attached hydrogen (secondary N) is 1. The van der Waals surface area contributed by atoms with Crippen molar-refractivity contribution in [1.29, 1.82) is 0 Å². The van der Waals surface area contributed by atoms with E-state index in [-0.39, 0.29) is 0 Å². The molecular weight excluding hydrogens is 182 g/mol. The van der Waals surface area contributed by atoms with Crippen LogP contribution < -0.4 is 0 Å². The number of aryl methyl sites for hydroxylation is 1. The summed E-state index contributed by atoms with van der Waals surface area (Å²) in [6, 6.07) is 0.514. The van der Waals surface area contributed by atoms with Crippen LogP contribution in [0.15, 0.2) is 0 Å². The highest BCUT2D eigenvalue weighted by atomic mass is 32.1. The molecule has 1 fully saturated rings. The van der Waals surface area contributed by atoms with Crippen molar-refractivity contribution in [3.8, 4) is 0 Å². The van der Waals surface area contributed by atoms with E-state index in [0.717, 1.165) is 16.5 Å². The number of aromatic amines is 1. The molecule has 13 heavy (non-hydrogen) atoms. The van der Waals surface area contributed by atoms with Crippen molar-refractivity contribution in [2.75, 3.05) is 0 Å². The number of rotatable bonds is 2. The molecule has 0 spiro atoms. The van der Waals surface area contributed by atoms with Gasteiger partial charge in [0.05, 0.1) is 0 Å². The standard InChI is InChI=1S/C9H15N3S/c1-6(8-4-3-5-8)12-7(2)10-11-9(12)13/h6,8H,3-5H2,1-2H3,(H,11,13). The molecule has 1 heterocycles. The van der Waals surface area contributed by atoms with Gasteiger partial charge in [0.2, 0.25) is 0 Å². The zero-order valence-electron chi connectivity index (χ0n) is 8.08. The van der Waals surface area contributed by atoms with E-state index >= 15 is 0 Å². The summed E-state index contributed by atoms with van der Waals surface area (Å²) in [5, 5.41) is 6.96. The minimum atomic E-state index is 0.514. The Morgan fingerprint density at radius 2 is 2.31 bits per heavy atom. The van der Waals surface area contributed by atoms with Crippen LogP contribution in [0.3, 0.4) is 0 Å². The van der Waals surface area contributed by atoms with Crippen molar-refractivity contribution in [1.82, 2.24) is 14.8 Å². The Labute approximate surface area is 83.2 Å². The molecule has 1 aliphatic rings. The van der Waals surface area contributed by atoms with Crippen LogP contribution >= 0.6 is 12.2 Å². The van der Waals surface area contributed by atoms with Crippen LogP contribution in [0.5, 0.6) is 0 Å². The van der Waals surface area contributed by atoms with Crippen molar-refractivity contribution in [2.45, 2.75) is 39.2 Å². The van der Waals surface area contributed by atoms with Crippen LogP contribution in [0.1, 0.15) is 38.1 Å². The van der Waals surface area contributed by atoms with E-state index in [2.05, 4.69) is 21.7 Å². The summed E-state index contributed by atoms with van der Waals surface area (Å²) in [6.07, 6.45) is 4.06. The molecule has 0 aliphatic heterocycles. The quantitative estimate of drug-likeness (QED) is 0.739. The summed E-state index contributed by atoms with van der Waals surface area (Å²) < 4.78 is 2.90. The van der Waals surface area contributed by atoms with E-state index in [1.807, 2.05) is 6.92 Å². The smallest absolute Gasteiger partial charge is 0.195 e. The first-order valence-electron chi connectivity index (χ1n) is 4.83. The predicted molar refractivity (Wildman–Crippen MR) is 54.2 cm³/mol. The molecule has 1 aromatic rings. The monoisotopic (exact) mass is 197 g/mol. The zero-order chi connectivity index (χ0) is 9.42. The van der Waals surface area contributed by atoms with E-state index in [1.165, 1.54) is 19.3 Å².